The highest BCUT2D eigenvalue weighted by molar-refractivity contribution is 5.30. The fourth-order valence-corrected chi connectivity index (χ4v) is 2.96. The Morgan fingerprint density at radius 1 is 1.29 bits per heavy atom. The summed E-state index contributed by atoms with van der Waals surface area (Å²) in [4.78, 5) is 2.41. The lowest BCUT2D eigenvalue weighted by atomic mass is 10.2. The van der Waals surface area contributed by atoms with Crippen LogP contribution in [0.1, 0.15) is 22.5 Å². The summed E-state index contributed by atoms with van der Waals surface area (Å²) in [6, 6.07) is 3.96. The maximum absolute atomic E-state index is 5.15. The van der Waals surface area contributed by atoms with Gasteiger partial charge in [-0.15, -0.1) is 0 Å². The molecule has 0 saturated carbocycles. The van der Waals surface area contributed by atoms with E-state index in [1.165, 1.54) is 16.8 Å². The SMILES string of the molecule is Cn1nc(Cn2cccn2)c2c1CN(Cc1ccoc1)C2. The van der Waals surface area contributed by atoms with Crippen LogP contribution in [0.3, 0.4) is 0 Å². The predicted octanol–water partition coefficient (Wildman–Crippen LogP) is 1.77. The molecule has 0 atom stereocenters. The summed E-state index contributed by atoms with van der Waals surface area (Å²) in [6.07, 6.45) is 7.31. The molecule has 6 heteroatoms. The van der Waals surface area contributed by atoms with Crippen LogP contribution in [0, 0.1) is 0 Å². The average Bonchev–Trinajstić information content (AvgIpc) is 3.20. The van der Waals surface area contributed by atoms with Crippen molar-refractivity contribution in [3.63, 3.8) is 0 Å². The van der Waals surface area contributed by atoms with E-state index >= 15 is 0 Å². The van der Waals surface area contributed by atoms with Gasteiger partial charge in [-0.25, -0.2) is 0 Å². The minimum Gasteiger partial charge on any atom is -0.472 e. The third-order valence-electron chi connectivity index (χ3n) is 3.97. The lowest BCUT2D eigenvalue weighted by Gasteiger charge is -2.14. The predicted molar refractivity (Wildman–Crippen MR) is 76.2 cm³/mol. The van der Waals surface area contributed by atoms with Crippen molar-refractivity contribution >= 4 is 0 Å². The quantitative estimate of drug-likeness (QED) is 0.732. The van der Waals surface area contributed by atoms with E-state index in [9.17, 15) is 0 Å². The van der Waals surface area contributed by atoms with Crippen molar-refractivity contribution in [1.82, 2.24) is 24.5 Å². The third-order valence-corrected chi connectivity index (χ3v) is 3.97. The topological polar surface area (TPSA) is 52.0 Å². The Bertz CT molecular complexity index is 727. The molecular formula is C15H17N5O. The van der Waals surface area contributed by atoms with Crippen LogP contribution in [0.25, 0.3) is 0 Å². The monoisotopic (exact) mass is 283 g/mol. The van der Waals surface area contributed by atoms with Crippen molar-refractivity contribution < 1.29 is 4.42 Å². The van der Waals surface area contributed by atoms with Crippen LogP contribution in [0.2, 0.25) is 0 Å². The summed E-state index contributed by atoms with van der Waals surface area (Å²) in [5.74, 6) is 0. The molecule has 3 aromatic heterocycles. The molecule has 4 heterocycles. The van der Waals surface area contributed by atoms with Gasteiger partial charge in [0.2, 0.25) is 0 Å². The summed E-state index contributed by atoms with van der Waals surface area (Å²) in [7, 11) is 2.02. The summed E-state index contributed by atoms with van der Waals surface area (Å²) in [5.41, 5.74) is 4.98. The maximum atomic E-state index is 5.15. The second-order valence-electron chi connectivity index (χ2n) is 5.48. The Morgan fingerprint density at radius 3 is 3.00 bits per heavy atom. The van der Waals surface area contributed by atoms with Gasteiger partial charge in [0.05, 0.1) is 30.5 Å². The van der Waals surface area contributed by atoms with Gasteiger partial charge in [0.25, 0.3) is 0 Å². The Morgan fingerprint density at radius 2 is 2.24 bits per heavy atom. The van der Waals surface area contributed by atoms with E-state index in [1.807, 2.05) is 41.0 Å². The highest BCUT2D eigenvalue weighted by Crippen LogP contribution is 2.27. The first-order valence-corrected chi connectivity index (χ1v) is 7.04. The van der Waals surface area contributed by atoms with E-state index in [0.717, 1.165) is 31.9 Å². The van der Waals surface area contributed by atoms with Gasteiger partial charge in [-0.1, -0.05) is 0 Å². The Labute approximate surface area is 122 Å². The number of fused-ring (bicyclic) bond motifs is 1. The minimum atomic E-state index is 0.732. The number of furan rings is 1. The molecule has 108 valence electrons. The standard InChI is InChI=1S/C15H17N5O/c1-18-15-10-19(7-12-3-6-21-11-12)8-13(15)14(17-18)9-20-5-2-4-16-20/h2-6,11H,7-10H2,1H3. The molecule has 0 amide bonds. The van der Waals surface area contributed by atoms with Gasteiger partial charge < -0.3 is 4.42 Å². The van der Waals surface area contributed by atoms with Crippen molar-refractivity contribution in [2.75, 3.05) is 0 Å². The number of aromatic nitrogens is 4. The number of hydrogen-bond acceptors (Lipinski definition) is 4. The van der Waals surface area contributed by atoms with Crippen molar-refractivity contribution in [3.05, 3.63) is 59.6 Å². The molecule has 0 aliphatic carbocycles. The average molecular weight is 283 g/mol. The number of hydrogen-bond donors (Lipinski definition) is 0. The second-order valence-corrected chi connectivity index (χ2v) is 5.48. The molecule has 0 N–H and O–H groups in total. The van der Waals surface area contributed by atoms with Gasteiger partial charge in [0, 0.05) is 50.2 Å². The number of aryl methyl sites for hydroxylation is 1. The molecule has 0 aromatic carbocycles. The largest absolute Gasteiger partial charge is 0.472 e. The molecule has 3 aromatic rings. The first kappa shape index (κ1) is 12.4. The van der Waals surface area contributed by atoms with Crippen molar-refractivity contribution in [3.8, 4) is 0 Å². The summed E-state index contributed by atoms with van der Waals surface area (Å²) >= 11 is 0. The van der Waals surface area contributed by atoms with Gasteiger partial charge >= 0.3 is 0 Å². The number of rotatable bonds is 4. The van der Waals surface area contributed by atoms with Gasteiger partial charge in [-0.05, 0) is 12.1 Å². The highest BCUT2D eigenvalue weighted by Gasteiger charge is 2.26. The molecule has 4 rings (SSSR count). The summed E-state index contributed by atoms with van der Waals surface area (Å²) in [5, 5.41) is 8.92. The van der Waals surface area contributed by atoms with Crippen molar-refractivity contribution in [1.29, 1.82) is 0 Å². The molecule has 0 radical (unpaired) electrons. The van der Waals surface area contributed by atoms with E-state index in [2.05, 4.69) is 15.1 Å². The van der Waals surface area contributed by atoms with E-state index in [-0.39, 0.29) is 0 Å². The zero-order chi connectivity index (χ0) is 14.2. The fraction of sp³-hybridized carbons (Fsp3) is 0.333. The van der Waals surface area contributed by atoms with Crippen LogP contribution in [0.15, 0.2) is 41.5 Å². The first-order valence-electron chi connectivity index (χ1n) is 7.04. The molecule has 0 spiro atoms. The third kappa shape index (κ3) is 2.27. The first-order chi connectivity index (χ1) is 10.3. The summed E-state index contributed by atoms with van der Waals surface area (Å²) in [6.45, 7) is 3.51. The molecule has 0 fully saturated rings. The Hall–Kier alpha value is -2.34. The maximum Gasteiger partial charge on any atom is 0.0947 e. The molecule has 1 aliphatic heterocycles. The van der Waals surface area contributed by atoms with E-state index in [1.54, 1.807) is 12.5 Å². The summed E-state index contributed by atoms with van der Waals surface area (Å²) < 4.78 is 9.07. The molecule has 0 unspecified atom stereocenters. The molecule has 21 heavy (non-hydrogen) atoms. The lowest BCUT2D eigenvalue weighted by molar-refractivity contribution is 0.267. The highest BCUT2D eigenvalue weighted by atomic mass is 16.3. The molecule has 1 aliphatic rings. The molecule has 0 bridgehead atoms. The number of nitrogens with zero attached hydrogens (tertiary/aromatic N) is 5. The van der Waals surface area contributed by atoms with Gasteiger partial charge in [-0.2, -0.15) is 10.2 Å². The van der Waals surface area contributed by atoms with Crippen molar-refractivity contribution in [2.45, 2.75) is 26.2 Å². The van der Waals surface area contributed by atoms with Crippen LogP contribution in [0.5, 0.6) is 0 Å². The zero-order valence-electron chi connectivity index (χ0n) is 11.9. The van der Waals surface area contributed by atoms with E-state index < -0.39 is 0 Å². The van der Waals surface area contributed by atoms with Gasteiger partial charge in [-0.3, -0.25) is 14.3 Å². The van der Waals surface area contributed by atoms with E-state index in [4.69, 9.17) is 4.42 Å². The van der Waals surface area contributed by atoms with Gasteiger partial charge in [0.15, 0.2) is 0 Å². The second kappa shape index (κ2) is 4.89. The van der Waals surface area contributed by atoms with Gasteiger partial charge in [0.1, 0.15) is 0 Å². The van der Waals surface area contributed by atoms with Crippen LogP contribution in [-0.2, 0) is 33.2 Å². The molecule has 0 saturated heterocycles. The minimum absolute atomic E-state index is 0.732. The normalized spacial score (nSPS) is 14.7. The zero-order valence-corrected chi connectivity index (χ0v) is 11.9. The van der Waals surface area contributed by atoms with Crippen LogP contribution < -0.4 is 0 Å². The lowest BCUT2D eigenvalue weighted by Crippen LogP contribution is -2.17. The molecule has 6 nitrogen and oxygen atoms in total. The molecular weight excluding hydrogens is 266 g/mol. The van der Waals surface area contributed by atoms with Crippen LogP contribution >= 0.6 is 0 Å². The Kier molecular flexibility index (Phi) is 2.89. The van der Waals surface area contributed by atoms with Crippen molar-refractivity contribution in [2.24, 2.45) is 7.05 Å². The fourth-order valence-electron chi connectivity index (χ4n) is 2.96. The Balaban J connectivity index is 1.55. The van der Waals surface area contributed by atoms with Crippen LogP contribution in [-0.4, -0.2) is 24.5 Å². The van der Waals surface area contributed by atoms with E-state index in [0.29, 0.717) is 0 Å². The smallest absolute Gasteiger partial charge is 0.0947 e. The van der Waals surface area contributed by atoms with Crippen LogP contribution in [0.4, 0.5) is 0 Å².